The lowest BCUT2D eigenvalue weighted by Gasteiger charge is -2.46. The molecule has 0 saturated carbocycles. The van der Waals surface area contributed by atoms with Crippen molar-refractivity contribution in [3.05, 3.63) is 26.6 Å². The molecule has 0 amide bonds. The Hall–Kier alpha value is -0.930. The zero-order chi connectivity index (χ0) is 16.5. The highest BCUT2D eigenvalue weighted by Crippen LogP contribution is 2.44. The van der Waals surface area contributed by atoms with Gasteiger partial charge in [0.15, 0.2) is 5.75 Å². The van der Waals surface area contributed by atoms with Crippen molar-refractivity contribution in [2.75, 3.05) is 27.9 Å². The largest absolute Gasteiger partial charge is 0.491 e. The highest BCUT2D eigenvalue weighted by Gasteiger charge is 2.52. The fourth-order valence-electron chi connectivity index (χ4n) is 3.11. The van der Waals surface area contributed by atoms with Gasteiger partial charge in [-0.3, -0.25) is 4.79 Å². The van der Waals surface area contributed by atoms with Crippen LogP contribution in [0.15, 0.2) is 15.5 Å². The van der Waals surface area contributed by atoms with E-state index in [1.165, 1.54) is 21.3 Å². The molecule has 0 aromatic carbocycles. The number of rotatable bonds is 5. The molecule has 2 heterocycles. The van der Waals surface area contributed by atoms with Gasteiger partial charge < -0.3 is 29.0 Å². The van der Waals surface area contributed by atoms with E-state index >= 15 is 0 Å². The molecule has 3 atom stereocenters. The van der Waals surface area contributed by atoms with E-state index in [-0.39, 0.29) is 30.8 Å². The normalized spacial score (nSPS) is 27.5. The Morgan fingerprint density at radius 2 is 2.14 bits per heavy atom. The highest BCUT2D eigenvalue weighted by molar-refractivity contribution is 9.10. The number of hydrogen-bond donors (Lipinski definition) is 2. The molecule has 0 saturated heterocycles. The van der Waals surface area contributed by atoms with Crippen LogP contribution in [0.3, 0.4) is 0 Å². The van der Waals surface area contributed by atoms with Crippen molar-refractivity contribution in [3.63, 3.8) is 0 Å². The molecule has 1 aromatic rings. The van der Waals surface area contributed by atoms with Crippen molar-refractivity contribution in [2.45, 2.75) is 30.8 Å². The number of aromatic nitrogens is 1. The molecule has 2 rings (SSSR count). The summed E-state index contributed by atoms with van der Waals surface area (Å²) in [5.41, 5.74) is -0.975. The van der Waals surface area contributed by atoms with Gasteiger partial charge in [0.1, 0.15) is 17.8 Å². The van der Waals surface area contributed by atoms with Crippen LogP contribution in [0.5, 0.6) is 5.75 Å². The number of fused-ring (bicyclic) bond motifs is 1. The summed E-state index contributed by atoms with van der Waals surface area (Å²) < 4.78 is 18.4. The third kappa shape index (κ3) is 2.48. The van der Waals surface area contributed by atoms with E-state index < -0.39 is 17.8 Å². The van der Waals surface area contributed by atoms with Crippen LogP contribution in [-0.4, -0.2) is 54.4 Å². The van der Waals surface area contributed by atoms with Crippen molar-refractivity contribution in [2.24, 2.45) is 0 Å². The smallest absolute Gasteiger partial charge is 0.237 e. The molecule has 0 bridgehead atoms. The quantitative estimate of drug-likeness (QED) is 0.774. The van der Waals surface area contributed by atoms with E-state index in [1.54, 1.807) is 10.8 Å². The van der Waals surface area contributed by atoms with Gasteiger partial charge in [0.2, 0.25) is 5.43 Å². The first kappa shape index (κ1) is 17.4. The fraction of sp³-hybridized carbons (Fsp3) is 0.643. The van der Waals surface area contributed by atoms with Gasteiger partial charge in [0.05, 0.1) is 23.8 Å². The lowest BCUT2D eigenvalue weighted by molar-refractivity contribution is -0.202. The number of pyridine rings is 1. The molecule has 0 radical (unpaired) electrons. The molecule has 124 valence electrons. The summed E-state index contributed by atoms with van der Waals surface area (Å²) in [7, 11) is 4.32. The van der Waals surface area contributed by atoms with E-state index in [1.807, 2.05) is 0 Å². The zero-order valence-corrected chi connectivity index (χ0v) is 14.3. The van der Waals surface area contributed by atoms with Crippen LogP contribution >= 0.6 is 15.9 Å². The van der Waals surface area contributed by atoms with Crippen LogP contribution in [-0.2, 0) is 16.0 Å². The Morgan fingerprint density at radius 1 is 1.45 bits per heavy atom. The van der Waals surface area contributed by atoms with Gasteiger partial charge in [0.25, 0.3) is 0 Å². The van der Waals surface area contributed by atoms with E-state index in [0.717, 1.165) is 0 Å². The van der Waals surface area contributed by atoms with E-state index in [9.17, 15) is 15.0 Å². The first-order valence-corrected chi connectivity index (χ1v) is 7.59. The average molecular weight is 378 g/mol. The molecule has 1 aliphatic heterocycles. The summed E-state index contributed by atoms with van der Waals surface area (Å²) in [6.07, 6.45) is 0.0789. The molecule has 3 unspecified atom stereocenters. The third-order valence-electron chi connectivity index (χ3n) is 4.18. The second-order valence-corrected chi connectivity index (χ2v) is 6.00. The van der Waals surface area contributed by atoms with Gasteiger partial charge in [0, 0.05) is 33.4 Å². The second kappa shape index (κ2) is 6.67. The topological polar surface area (TPSA) is 90.2 Å². The van der Waals surface area contributed by atoms with E-state index in [0.29, 0.717) is 10.2 Å². The maximum absolute atomic E-state index is 12.3. The van der Waals surface area contributed by atoms with Crippen molar-refractivity contribution in [1.29, 1.82) is 0 Å². The zero-order valence-electron chi connectivity index (χ0n) is 12.7. The number of aliphatic hydroxyl groups is 2. The van der Waals surface area contributed by atoms with Gasteiger partial charge in [-0.25, -0.2) is 0 Å². The lowest BCUT2D eigenvalue weighted by Crippen LogP contribution is -2.56. The van der Waals surface area contributed by atoms with Gasteiger partial charge in [-0.05, 0) is 15.9 Å². The van der Waals surface area contributed by atoms with E-state index in [2.05, 4.69) is 15.9 Å². The van der Waals surface area contributed by atoms with Crippen LogP contribution in [0, 0.1) is 0 Å². The number of ether oxygens (including phenoxy) is 3. The lowest BCUT2D eigenvalue weighted by atomic mass is 9.81. The predicted octanol–water partition coefficient (Wildman–Crippen LogP) is 0.449. The van der Waals surface area contributed by atoms with Crippen LogP contribution in [0.25, 0.3) is 0 Å². The Morgan fingerprint density at radius 3 is 2.64 bits per heavy atom. The SMILES string of the molecule is COc1c2n(cc(Br)c1=O)CC(O)C(CCO)(OC)C2OC. The molecule has 22 heavy (non-hydrogen) atoms. The van der Waals surface area contributed by atoms with Crippen LogP contribution in [0.1, 0.15) is 18.2 Å². The minimum absolute atomic E-state index is 0.132. The molecular weight excluding hydrogens is 358 g/mol. The highest BCUT2D eigenvalue weighted by atomic mass is 79.9. The number of hydrogen-bond acceptors (Lipinski definition) is 6. The van der Waals surface area contributed by atoms with Crippen molar-refractivity contribution in [3.8, 4) is 5.75 Å². The number of methoxy groups -OCH3 is 3. The molecule has 0 fully saturated rings. The van der Waals surface area contributed by atoms with Crippen LogP contribution < -0.4 is 10.2 Å². The molecule has 1 aliphatic rings. The Kier molecular flexibility index (Phi) is 5.29. The summed E-state index contributed by atoms with van der Waals surface area (Å²) in [6.45, 7) is 0.00606. The Labute approximate surface area is 136 Å². The molecule has 1 aromatic heterocycles. The predicted molar refractivity (Wildman–Crippen MR) is 82.2 cm³/mol. The van der Waals surface area contributed by atoms with Gasteiger partial charge in [-0.2, -0.15) is 0 Å². The maximum atomic E-state index is 12.3. The molecule has 8 heteroatoms. The summed E-state index contributed by atoms with van der Waals surface area (Å²) in [5, 5.41) is 19.9. The molecular formula is C14H20BrNO6. The first-order valence-electron chi connectivity index (χ1n) is 6.80. The van der Waals surface area contributed by atoms with Crippen molar-refractivity contribution in [1.82, 2.24) is 4.57 Å². The van der Waals surface area contributed by atoms with E-state index in [4.69, 9.17) is 14.2 Å². The minimum atomic E-state index is -1.16. The third-order valence-corrected chi connectivity index (χ3v) is 4.75. The fourth-order valence-corrected chi connectivity index (χ4v) is 3.54. The van der Waals surface area contributed by atoms with Gasteiger partial charge in [-0.1, -0.05) is 0 Å². The monoisotopic (exact) mass is 377 g/mol. The Balaban J connectivity index is 2.73. The van der Waals surface area contributed by atoms with Crippen molar-refractivity contribution < 1.29 is 24.4 Å². The van der Waals surface area contributed by atoms with Crippen molar-refractivity contribution >= 4 is 15.9 Å². The average Bonchev–Trinajstić information content (AvgIpc) is 2.50. The summed E-state index contributed by atoms with van der Waals surface area (Å²) >= 11 is 3.20. The first-order chi connectivity index (χ1) is 10.5. The molecule has 7 nitrogen and oxygen atoms in total. The van der Waals surface area contributed by atoms with Gasteiger partial charge >= 0.3 is 0 Å². The second-order valence-electron chi connectivity index (χ2n) is 5.14. The summed E-state index contributed by atoms with van der Waals surface area (Å²) in [4.78, 5) is 12.3. The standard InChI is InChI=1S/C14H20BrNO6/c1-20-12-10-13(21-2)14(22-3,4-5-17)9(18)7-16(10)6-8(15)11(12)19/h6,9,13,17-18H,4-5,7H2,1-3H3. The molecule has 0 spiro atoms. The molecule has 2 N–H and O–H groups in total. The summed E-state index contributed by atoms with van der Waals surface area (Å²) in [6, 6.07) is 0. The van der Waals surface area contributed by atoms with Crippen LogP contribution in [0.2, 0.25) is 0 Å². The van der Waals surface area contributed by atoms with Gasteiger partial charge in [-0.15, -0.1) is 0 Å². The summed E-state index contributed by atoms with van der Waals surface area (Å²) in [5.74, 6) is 0.132. The van der Waals surface area contributed by atoms with Crippen LogP contribution in [0.4, 0.5) is 0 Å². The minimum Gasteiger partial charge on any atom is -0.491 e. The Bertz CT molecular complexity index is 604. The number of nitrogens with zero attached hydrogens (tertiary/aromatic N) is 1. The number of aliphatic hydroxyl groups excluding tert-OH is 2. The number of halogens is 1. The maximum Gasteiger partial charge on any atom is 0.237 e. The molecule has 0 aliphatic carbocycles.